The van der Waals surface area contributed by atoms with Crippen LogP contribution in [-0.4, -0.2) is 30.0 Å². The van der Waals surface area contributed by atoms with Crippen LogP contribution in [0.2, 0.25) is 0 Å². The van der Waals surface area contributed by atoms with Gasteiger partial charge in [0.2, 0.25) is 0 Å². The number of hydrogen-bond acceptors (Lipinski definition) is 2. The molecule has 3 saturated carbocycles. The highest BCUT2D eigenvalue weighted by Gasteiger charge is 2.71. The predicted octanol–water partition coefficient (Wildman–Crippen LogP) is 1.17. The zero-order valence-electron chi connectivity index (χ0n) is 7.26. The van der Waals surface area contributed by atoms with Gasteiger partial charge in [-0.25, -0.2) is 5.06 Å². The monoisotopic (exact) mass is 189 g/mol. The molecule has 1 amide bonds. The van der Waals surface area contributed by atoms with E-state index in [2.05, 4.69) is 0 Å². The minimum atomic E-state index is -0.160. The van der Waals surface area contributed by atoms with Crippen LogP contribution < -0.4 is 0 Å². The Morgan fingerprint density at radius 2 is 2.00 bits per heavy atom. The second kappa shape index (κ2) is 2.15. The fraction of sp³-hybridized carbons (Fsp3) is 0.875. The quantitative estimate of drug-likeness (QED) is 0.482. The largest absolute Gasteiger partial charge is 0.275 e. The van der Waals surface area contributed by atoms with Crippen LogP contribution in [0, 0.1) is 5.41 Å². The average Bonchev–Trinajstić information content (AvgIpc) is 1.94. The second-order valence-electron chi connectivity index (χ2n) is 3.95. The first-order valence-electron chi connectivity index (χ1n) is 4.03. The molecule has 4 heteroatoms. The number of nitrogens with zero attached hydrogens (tertiary/aromatic N) is 1. The van der Waals surface area contributed by atoms with E-state index in [0.29, 0.717) is 0 Å². The summed E-state index contributed by atoms with van der Waals surface area (Å²) in [5.41, 5.74) is -0.160. The number of hydroxylamine groups is 2. The highest BCUT2D eigenvalue weighted by atomic mass is 35.5. The summed E-state index contributed by atoms with van der Waals surface area (Å²) in [7, 11) is 3.14. The molecule has 68 valence electrons. The molecule has 0 aromatic rings. The van der Waals surface area contributed by atoms with Crippen LogP contribution >= 0.6 is 11.6 Å². The van der Waals surface area contributed by atoms with Crippen molar-refractivity contribution >= 4 is 17.5 Å². The lowest BCUT2D eigenvalue weighted by Gasteiger charge is -2.66. The van der Waals surface area contributed by atoms with Crippen molar-refractivity contribution in [1.82, 2.24) is 5.06 Å². The number of carbonyl (C=O) groups excluding carboxylic acids is 1. The Hall–Kier alpha value is -0.280. The van der Waals surface area contributed by atoms with E-state index in [-0.39, 0.29) is 16.2 Å². The van der Waals surface area contributed by atoms with Gasteiger partial charge in [-0.2, -0.15) is 0 Å². The SMILES string of the molecule is CON(C)C(=O)C12CC(Cl)(C1)C2. The van der Waals surface area contributed by atoms with Gasteiger partial charge in [-0.3, -0.25) is 9.63 Å². The van der Waals surface area contributed by atoms with Gasteiger partial charge in [-0.15, -0.1) is 11.6 Å². The number of hydrogen-bond donors (Lipinski definition) is 0. The molecule has 3 aliphatic carbocycles. The van der Waals surface area contributed by atoms with Gasteiger partial charge < -0.3 is 0 Å². The lowest BCUT2D eigenvalue weighted by Crippen LogP contribution is -2.69. The van der Waals surface area contributed by atoms with Crippen LogP contribution in [0.25, 0.3) is 0 Å². The lowest BCUT2D eigenvalue weighted by atomic mass is 9.43. The first kappa shape index (κ1) is 8.32. The molecule has 0 atom stereocenters. The van der Waals surface area contributed by atoms with E-state index in [9.17, 15) is 4.79 Å². The van der Waals surface area contributed by atoms with Gasteiger partial charge >= 0.3 is 0 Å². The van der Waals surface area contributed by atoms with Crippen molar-refractivity contribution < 1.29 is 9.63 Å². The summed E-state index contributed by atoms with van der Waals surface area (Å²) in [6, 6.07) is 0. The summed E-state index contributed by atoms with van der Waals surface area (Å²) in [5.74, 6) is 0.0764. The van der Waals surface area contributed by atoms with E-state index >= 15 is 0 Å². The van der Waals surface area contributed by atoms with Crippen molar-refractivity contribution in [3.8, 4) is 0 Å². The van der Waals surface area contributed by atoms with Gasteiger partial charge in [0.25, 0.3) is 5.91 Å². The van der Waals surface area contributed by atoms with E-state index in [1.54, 1.807) is 7.05 Å². The van der Waals surface area contributed by atoms with Gasteiger partial charge in [0.1, 0.15) is 0 Å². The van der Waals surface area contributed by atoms with Crippen molar-refractivity contribution in [2.24, 2.45) is 5.41 Å². The maximum absolute atomic E-state index is 11.6. The molecule has 0 spiro atoms. The molecule has 12 heavy (non-hydrogen) atoms. The third kappa shape index (κ3) is 0.837. The van der Waals surface area contributed by atoms with Crippen LogP contribution in [0.3, 0.4) is 0 Å². The van der Waals surface area contributed by atoms with Crippen molar-refractivity contribution in [3.05, 3.63) is 0 Å². The molecule has 0 aromatic heterocycles. The molecule has 2 bridgehead atoms. The Balaban J connectivity index is 1.99. The summed E-state index contributed by atoms with van der Waals surface area (Å²) < 4.78 is 0. The van der Waals surface area contributed by atoms with Gasteiger partial charge in [-0.1, -0.05) is 0 Å². The summed E-state index contributed by atoms with van der Waals surface area (Å²) in [5, 5.41) is 1.30. The van der Waals surface area contributed by atoms with Gasteiger partial charge in [-0.05, 0) is 19.3 Å². The highest BCUT2D eigenvalue weighted by Crippen LogP contribution is 2.71. The van der Waals surface area contributed by atoms with Gasteiger partial charge in [0.15, 0.2) is 0 Å². The van der Waals surface area contributed by atoms with Gasteiger partial charge in [0, 0.05) is 11.9 Å². The molecule has 0 heterocycles. The molecule has 3 rings (SSSR count). The summed E-state index contributed by atoms with van der Waals surface area (Å²) >= 11 is 6.04. The number of amides is 1. The molecule has 0 aromatic carbocycles. The van der Waals surface area contributed by atoms with Crippen molar-refractivity contribution in [2.45, 2.75) is 24.1 Å². The molecule has 0 radical (unpaired) electrons. The third-order valence-corrected chi connectivity index (χ3v) is 3.38. The van der Waals surface area contributed by atoms with Crippen molar-refractivity contribution in [2.75, 3.05) is 14.2 Å². The number of rotatable bonds is 2. The van der Waals surface area contributed by atoms with Crippen LogP contribution in [0.4, 0.5) is 0 Å². The maximum atomic E-state index is 11.6. The molecule has 0 saturated heterocycles. The van der Waals surface area contributed by atoms with Crippen LogP contribution in [0.1, 0.15) is 19.3 Å². The first-order valence-corrected chi connectivity index (χ1v) is 4.40. The van der Waals surface area contributed by atoms with E-state index in [1.807, 2.05) is 0 Å². The second-order valence-corrected chi connectivity index (χ2v) is 4.75. The number of alkyl halides is 1. The Bertz CT molecular complexity index is 221. The highest BCUT2D eigenvalue weighted by molar-refractivity contribution is 6.27. The van der Waals surface area contributed by atoms with E-state index in [0.717, 1.165) is 19.3 Å². The molecule has 3 aliphatic rings. The zero-order chi connectivity index (χ0) is 8.98. The van der Waals surface area contributed by atoms with Crippen LogP contribution in [0.15, 0.2) is 0 Å². The minimum absolute atomic E-state index is 0.0375. The molecular weight excluding hydrogens is 178 g/mol. The predicted molar refractivity (Wildman–Crippen MR) is 44.6 cm³/mol. The zero-order valence-corrected chi connectivity index (χ0v) is 8.02. The molecule has 3 fully saturated rings. The van der Waals surface area contributed by atoms with Crippen molar-refractivity contribution in [1.29, 1.82) is 0 Å². The molecule has 0 aliphatic heterocycles. The van der Waals surface area contributed by atoms with Gasteiger partial charge in [0.05, 0.1) is 12.5 Å². The summed E-state index contributed by atoms with van der Waals surface area (Å²) in [6.07, 6.45) is 2.48. The van der Waals surface area contributed by atoms with E-state index in [1.165, 1.54) is 12.2 Å². The fourth-order valence-corrected chi connectivity index (χ4v) is 3.08. The lowest BCUT2D eigenvalue weighted by molar-refractivity contribution is -0.205. The van der Waals surface area contributed by atoms with E-state index in [4.69, 9.17) is 16.4 Å². The molecular formula is C8H12ClNO2. The average molecular weight is 190 g/mol. The fourth-order valence-electron chi connectivity index (χ4n) is 2.31. The van der Waals surface area contributed by atoms with Crippen LogP contribution in [-0.2, 0) is 9.63 Å². The number of halogens is 1. The smallest absolute Gasteiger partial charge is 0.252 e. The molecule has 0 unspecified atom stereocenters. The minimum Gasteiger partial charge on any atom is -0.275 e. The molecule has 3 nitrogen and oxygen atoms in total. The Morgan fingerprint density at radius 1 is 1.50 bits per heavy atom. The first-order chi connectivity index (χ1) is 5.51. The summed E-state index contributed by atoms with van der Waals surface area (Å²) in [4.78, 5) is 16.4. The van der Waals surface area contributed by atoms with E-state index < -0.39 is 0 Å². The van der Waals surface area contributed by atoms with Crippen LogP contribution in [0.5, 0.6) is 0 Å². The molecule has 0 N–H and O–H groups in total. The Kier molecular flexibility index (Phi) is 1.49. The third-order valence-electron chi connectivity index (χ3n) is 2.98. The Morgan fingerprint density at radius 3 is 2.33 bits per heavy atom. The summed E-state index contributed by atoms with van der Waals surface area (Å²) in [6.45, 7) is 0. The maximum Gasteiger partial charge on any atom is 0.252 e. The number of carbonyl (C=O) groups is 1. The normalized spacial score (nSPS) is 42.9. The standard InChI is InChI=1S/C8H12ClNO2/c1-10(12-2)6(11)7-3-8(9,4-7)5-7/h3-5H2,1-2H3. The topological polar surface area (TPSA) is 29.5 Å². The Labute approximate surface area is 76.6 Å². The van der Waals surface area contributed by atoms with Crippen molar-refractivity contribution in [3.63, 3.8) is 0 Å².